The first-order valence-corrected chi connectivity index (χ1v) is 13.9. The molecule has 36 heavy (non-hydrogen) atoms. The second-order valence-corrected chi connectivity index (χ2v) is 12.8. The van der Waals surface area contributed by atoms with Crippen molar-refractivity contribution in [2.45, 2.75) is 91.6 Å². The highest BCUT2D eigenvalue weighted by molar-refractivity contribution is 5.94. The van der Waals surface area contributed by atoms with Gasteiger partial charge in [-0.05, 0) is 105 Å². The van der Waals surface area contributed by atoms with Gasteiger partial charge in [0.15, 0.2) is 0 Å². The topological polar surface area (TPSA) is 54.3 Å². The van der Waals surface area contributed by atoms with E-state index in [0.29, 0.717) is 40.7 Å². The zero-order chi connectivity index (χ0) is 25.8. The van der Waals surface area contributed by atoms with Gasteiger partial charge >= 0.3 is 0 Å². The minimum atomic E-state index is -0.267. The molecule has 0 aliphatic heterocycles. The van der Waals surface area contributed by atoms with Crippen LogP contribution in [-0.2, 0) is 11.8 Å². The van der Waals surface area contributed by atoms with Gasteiger partial charge in [-0.2, -0.15) is 0 Å². The number of halogens is 1. The van der Waals surface area contributed by atoms with E-state index in [4.69, 9.17) is 0 Å². The number of carbonyl (C=O) groups excluding carboxylic acids is 1. The van der Waals surface area contributed by atoms with Gasteiger partial charge in [-0.15, -0.1) is 0 Å². The highest BCUT2D eigenvalue weighted by atomic mass is 19.1. The van der Waals surface area contributed by atoms with E-state index >= 15 is 0 Å². The Bertz CT molecular complexity index is 1190. The molecule has 1 amide bonds. The number of carbonyl (C=O) groups is 1. The number of fused-ring (bicyclic) bond motifs is 4. The standard InChI is InChI=1S/C31H43FN2O2/c1-19-9-12-24-22(11-14-27-30(2,3)28(35)15-16-31(24,27)4)21(19)7-6-8-29(36)33-20-10-13-26-23(17-20)25(32)18-34(26)5/h10,13,17-18,22,24,27-28,35H,6-9,11-12,14-16H2,1-5H3,(H,33,36)/t22-,24-,27-,28-,31+/m0/s1. The van der Waals surface area contributed by atoms with Gasteiger partial charge in [0.05, 0.1) is 11.6 Å². The van der Waals surface area contributed by atoms with Crippen molar-refractivity contribution >= 4 is 22.5 Å². The van der Waals surface area contributed by atoms with Crippen molar-refractivity contribution in [2.24, 2.45) is 35.6 Å². The molecular weight excluding hydrogens is 451 g/mol. The number of aryl methyl sites for hydroxylation is 1. The van der Waals surface area contributed by atoms with Gasteiger partial charge in [0.25, 0.3) is 0 Å². The second kappa shape index (κ2) is 9.31. The lowest BCUT2D eigenvalue weighted by atomic mass is 9.43. The molecule has 5 atom stereocenters. The Morgan fingerprint density at radius 2 is 1.97 bits per heavy atom. The molecule has 1 heterocycles. The van der Waals surface area contributed by atoms with Crippen molar-refractivity contribution < 1.29 is 14.3 Å². The average Bonchev–Trinajstić information content (AvgIpc) is 3.10. The summed E-state index contributed by atoms with van der Waals surface area (Å²) in [4.78, 5) is 12.7. The first kappa shape index (κ1) is 25.5. The van der Waals surface area contributed by atoms with E-state index in [1.807, 2.05) is 19.2 Å². The Labute approximate surface area is 215 Å². The Morgan fingerprint density at radius 1 is 1.19 bits per heavy atom. The third kappa shape index (κ3) is 4.21. The van der Waals surface area contributed by atoms with Crippen molar-refractivity contribution in [2.75, 3.05) is 5.32 Å². The van der Waals surface area contributed by atoms with Gasteiger partial charge < -0.3 is 15.0 Å². The first-order valence-electron chi connectivity index (χ1n) is 13.9. The molecule has 1 aromatic heterocycles. The molecule has 0 spiro atoms. The molecule has 5 rings (SSSR count). The summed E-state index contributed by atoms with van der Waals surface area (Å²) in [5.74, 6) is 1.61. The van der Waals surface area contributed by atoms with Crippen molar-refractivity contribution in [3.05, 3.63) is 41.4 Å². The number of rotatable bonds is 5. The van der Waals surface area contributed by atoms with E-state index < -0.39 is 0 Å². The fourth-order valence-corrected chi connectivity index (χ4v) is 8.51. The number of aliphatic hydroxyl groups excluding tert-OH is 1. The van der Waals surface area contributed by atoms with Gasteiger partial charge in [0.2, 0.25) is 5.91 Å². The number of anilines is 1. The lowest BCUT2D eigenvalue weighted by Crippen LogP contribution is -2.56. The summed E-state index contributed by atoms with van der Waals surface area (Å²) < 4.78 is 15.9. The minimum absolute atomic E-state index is 0.00464. The fourth-order valence-electron chi connectivity index (χ4n) is 8.51. The van der Waals surface area contributed by atoms with Crippen LogP contribution >= 0.6 is 0 Å². The molecule has 0 saturated heterocycles. The van der Waals surface area contributed by atoms with Gasteiger partial charge in [0, 0.05) is 30.7 Å². The Morgan fingerprint density at radius 3 is 2.75 bits per heavy atom. The van der Waals surface area contributed by atoms with Crippen molar-refractivity contribution in [3.8, 4) is 0 Å². The average molecular weight is 495 g/mol. The van der Waals surface area contributed by atoms with E-state index in [2.05, 4.69) is 33.0 Å². The number of benzene rings is 1. The highest BCUT2D eigenvalue weighted by Crippen LogP contribution is 2.64. The number of allylic oxidation sites excluding steroid dienone is 2. The lowest BCUT2D eigenvalue weighted by Gasteiger charge is -2.62. The van der Waals surface area contributed by atoms with Crippen LogP contribution in [-0.4, -0.2) is 21.7 Å². The molecule has 5 heteroatoms. The summed E-state index contributed by atoms with van der Waals surface area (Å²) in [7, 11) is 1.82. The Hall–Kier alpha value is -2.14. The maximum absolute atomic E-state index is 14.1. The molecule has 0 bridgehead atoms. The van der Waals surface area contributed by atoms with Crippen LogP contribution in [0.15, 0.2) is 35.5 Å². The predicted molar refractivity (Wildman–Crippen MR) is 144 cm³/mol. The van der Waals surface area contributed by atoms with Crippen molar-refractivity contribution in [1.82, 2.24) is 4.57 Å². The maximum Gasteiger partial charge on any atom is 0.224 e. The monoisotopic (exact) mass is 494 g/mol. The molecule has 1 aromatic carbocycles. The number of hydrogen-bond acceptors (Lipinski definition) is 2. The first-order chi connectivity index (χ1) is 17.0. The number of nitrogens with one attached hydrogen (secondary N) is 1. The molecule has 4 nitrogen and oxygen atoms in total. The van der Waals surface area contributed by atoms with E-state index in [0.717, 1.165) is 37.6 Å². The molecule has 2 aromatic rings. The molecule has 2 saturated carbocycles. The Balaban J connectivity index is 1.22. The van der Waals surface area contributed by atoms with Crippen LogP contribution in [0.1, 0.15) is 85.5 Å². The fraction of sp³-hybridized carbons (Fsp3) is 0.645. The van der Waals surface area contributed by atoms with Gasteiger partial charge in [-0.3, -0.25) is 4.79 Å². The van der Waals surface area contributed by atoms with E-state index in [-0.39, 0.29) is 23.2 Å². The van der Waals surface area contributed by atoms with Crippen molar-refractivity contribution in [3.63, 3.8) is 0 Å². The van der Waals surface area contributed by atoms with Gasteiger partial charge in [-0.25, -0.2) is 4.39 Å². The maximum atomic E-state index is 14.1. The minimum Gasteiger partial charge on any atom is -0.393 e. The van der Waals surface area contributed by atoms with Crippen LogP contribution in [0.4, 0.5) is 10.1 Å². The predicted octanol–water partition coefficient (Wildman–Crippen LogP) is 7.37. The lowest BCUT2D eigenvalue weighted by molar-refractivity contribution is -0.149. The van der Waals surface area contributed by atoms with Crippen LogP contribution in [0.3, 0.4) is 0 Å². The third-order valence-electron chi connectivity index (χ3n) is 10.5. The second-order valence-electron chi connectivity index (χ2n) is 12.8. The number of nitrogens with zero attached hydrogens (tertiary/aromatic N) is 1. The zero-order valence-electron chi connectivity index (χ0n) is 22.7. The molecule has 2 fully saturated rings. The van der Waals surface area contributed by atoms with Crippen LogP contribution in [0.25, 0.3) is 10.9 Å². The smallest absolute Gasteiger partial charge is 0.224 e. The van der Waals surface area contributed by atoms with E-state index in [9.17, 15) is 14.3 Å². The Kier molecular flexibility index (Phi) is 6.60. The number of hydrogen-bond donors (Lipinski definition) is 2. The van der Waals surface area contributed by atoms with E-state index in [1.165, 1.54) is 25.5 Å². The summed E-state index contributed by atoms with van der Waals surface area (Å²) in [6.07, 6.45) is 10.5. The number of aliphatic hydroxyl groups is 1. The normalized spacial score (nSPS) is 31.8. The quantitative estimate of drug-likeness (QED) is 0.427. The summed E-state index contributed by atoms with van der Waals surface area (Å²) in [6.45, 7) is 9.39. The molecule has 3 aliphatic rings. The summed E-state index contributed by atoms with van der Waals surface area (Å²) in [6, 6.07) is 5.43. The molecule has 196 valence electrons. The molecule has 0 radical (unpaired) electrons. The van der Waals surface area contributed by atoms with Gasteiger partial charge in [-0.1, -0.05) is 31.9 Å². The largest absolute Gasteiger partial charge is 0.393 e. The molecule has 3 aliphatic carbocycles. The highest BCUT2D eigenvalue weighted by Gasteiger charge is 2.58. The number of amides is 1. The van der Waals surface area contributed by atoms with Gasteiger partial charge in [0.1, 0.15) is 5.82 Å². The van der Waals surface area contributed by atoms with Crippen LogP contribution in [0.2, 0.25) is 0 Å². The summed E-state index contributed by atoms with van der Waals surface area (Å²) >= 11 is 0. The summed E-state index contributed by atoms with van der Waals surface area (Å²) in [5, 5.41) is 14.3. The molecule has 2 N–H and O–H groups in total. The molecular formula is C31H43FN2O2. The molecule has 0 unspecified atom stereocenters. The SMILES string of the molecule is CC1=C(CCCC(=O)Nc2ccc3c(c2)c(F)cn3C)[C@@H]2CC[C@H]3C(C)(C)[C@@H](O)CC[C@]3(C)[C@H]2CC1. The van der Waals surface area contributed by atoms with Crippen LogP contribution < -0.4 is 5.32 Å². The zero-order valence-corrected chi connectivity index (χ0v) is 22.7. The van der Waals surface area contributed by atoms with Crippen LogP contribution in [0, 0.1) is 34.4 Å². The van der Waals surface area contributed by atoms with E-state index in [1.54, 1.807) is 21.8 Å². The van der Waals surface area contributed by atoms with Crippen LogP contribution in [0.5, 0.6) is 0 Å². The third-order valence-corrected chi connectivity index (χ3v) is 10.5. The summed E-state index contributed by atoms with van der Waals surface area (Å²) in [5.41, 5.74) is 4.89. The number of aromatic nitrogens is 1. The van der Waals surface area contributed by atoms with Crippen molar-refractivity contribution in [1.29, 1.82) is 0 Å².